The average Bonchev–Trinajstić information content (AvgIpc) is 2.61. The van der Waals surface area contributed by atoms with Crippen LogP contribution in [0.3, 0.4) is 0 Å². The van der Waals surface area contributed by atoms with Crippen LogP contribution in [0.25, 0.3) is 0 Å². The molecule has 2 aromatic rings. The standard InChI is InChI=1S/C19H19F3N2O3/c1-24(18(26)14-9-7-13(8-10-14)12-27-2)11-17(25)23-16-6-4-3-5-15(16)19(20,21)22/h3-10H,11-12H2,1-2H3,(H,23,25). The second-order valence-electron chi connectivity index (χ2n) is 5.88. The Labute approximate surface area is 154 Å². The van der Waals surface area contributed by atoms with Gasteiger partial charge in [-0.3, -0.25) is 9.59 Å². The lowest BCUT2D eigenvalue weighted by Gasteiger charge is -2.18. The third-order valence-corrected chi connectivity index (χ3v) is 3.75. The molecule has 0 heterocycles. The molecule has 0 saturated carbocycles. The first-order valence-corrected chi connectivity index (χ1v) is 8.01. The lowest BCUT2D eigenvalue weighted by Crippen LogP contribution is -2.35. The summed E-state index contributed by atoms with van der Waals surface area (Å²) >= 11 is 0. The van der Waals surface area contributed by atoms with Crippen LogP contribution in [0.4, 0.5) is 18.9 Å². The van der Waals surface area contributed by atoms with Gasteiger partial charge in [-0.2, -0.15) is 13.2 Å². The minimum Gasteiger partial charge on any atom is -0.380 e. The number of amides is 2. The van der Waals surface area contributed by atoms with Crippen molar-refractivity contribution in [3.8, 4) is 0 Å². The van der Waals surface area contributed by atoms with E-state index in [4.69, 9.17) is 4.74 Å². The normalized spacial score (nSPS) is 11.1. The second kappa shape index (κ2) is 8.68. The molecule has 0 unspecified atom stereocenters. The zero-order valence-electron chi connectivity index (χ0n) is 14.8. The predicted octanol–water partition coefficient (Wildman–Crippen LogP) is 3.56. The summed E-state index contributed by atoms with van der Waals surface area (Å²) in [6.45, 7) is 0.0240. The number of carbonyl (C=O) groups excluding carboxylic acids is 2. The number of carbonyl (C=O) groups is 2. The van der Waals surface area contributed by atoms with Gasteiger partial charge in [0.2, 0.25) is 5.91 Å². The Balaban J connectivity index is 2.02. The molecular weight excluding hydrogens is 361 g/mol. The van der Waals surface area contributed by atoms with E-state index >= 15 is 0 Å². The topological polar surface area (TPSA) is 58.6 Å². The lowest BCUT2D eigenvalue weighted by atomic mass is 10.1. The van der Waals surface area contributed by atoms with Crippen molar-refractivity contribution < 1.29 is 27.5 Å². The summed E-state index contributed by atoms with van der Waals surface area (Å²) in [5.74, 6) is -1.14. The fourth-order valence-electron chi connectivity index (χ4n) is 2.45. The van der Waals surface area contributed by atoms with Crippen molar-refractivity contribution in [2.24, 2.45) is 0 Å². The molecular formula is C19H19F3N2O3. The van der Waals surface area contributed by atoms with Crippen molar-refractivity contribution in [2.75, 3.05) is 26.0 Å². The SMILES string of the molecule is COCc1ccc(C(=O)N(C)CC(=O)Nc2ccccc2C(F)(F)F)cc1. The molecule has 0 aliphatic heterocycles. The average molecular weight is 380 g/mol. The molecule has 0 radical (unpaired) electrons. The van der Waals surface area contributed by atoms with Crippen molar-refractivity contribution in [3.63, 3.8) is 0 Å². The number of benzene rings is 2. The third-order valence-electron chi connectivity index (χ3n) is 3.75. The van der Waals surface area contributed by atoms with Crippen LogP contribution in [-0.2, 0) is 22.3 Å². The molecule has 0 atom stereocenters. The van der Waals surface area contributed by atoms with Gasteiger partial charge in [-0.25, -0.2) is 0 Å². The number of hydrogen-bond donors (Lipinski definition) is 1. The van der Waals surface area contributed by atoms with E-state index in [1.807, 2.05) is 0 Å². The highest BCUT2D eigenvalue weighted by Gasteiger charge is 2.33. The number of methoxy groups -OCH3 is 1. The first-order chi connectivity index (χ1) is 12.7. The molecule has 0 bridgehead atoms. The molecule has 0 aliphatic rings. The fraction of sp³-hybridized carbons (Fsp3) is 0.263. The zero-order valence-corrected chi connectivity index (χ0v) is 14.8. The molecule has 2 rings (SSSR count). The number of nitrogens with one attached hydrogen (secondary N) is 1. The van der Waals surface area contributed by atoms with Crippen molar-refractivity contribution in [2.45, 2.75) is 12.8 Å². The molecule has 0 spiro atoms. The minimum atomic E-state index is -4.59. The van der Waals surface area contributed by atoms with E-state index in [0.717, 1.165) is 22.6 Å². The number of rotatable bonds is 6. The number of hydrogen-bond acceptors (Lipinski definition) is 3. The maximum absolute atomic E-state index is 13.0. The summed E-state index contributed by atoms with van der Waals surface area (Å²) in [6, 6.07) is 11.3. The van der Waals surface area contributed by atoms with Gasteiger partial charge in [0.05, 0.1) is 24.4 Å². The molecule has 1 N–H and O–H groups in total. The Morgan fingerprint density at radius 2 is 1.70 bits per heavy atom. The van der Waals surface area contributed by atoms with Gasteiger partial charge in [0, 0.05) is 19.7 Å². The van der Waals surface area contributed by atoms with Gasteiger partial charge in [0.25, 0.3) is 5.91 Å². The van der Waals surface area contributed by atoms with Crippen molar-refractivity contribution in [1.29, 1.82) is 0 Å². The van der Waals surface area contributed by atoms with Gasteiger partial charge in [-0.05, 0) is 29.8 Å². The number of halogens is 3. The summed E-state index contributed by atoms with van der Waals surface area (Å²) in [7, 11) is 2.96. The van der Waals surface area contributed by atoms with E-state index in [0.29, 0.717) is 12.2 Å². The number of anilines is 1. The predicted molar refractivity (Wildman–Crippen MR) is 94.2 cm³/mol. The molecule has 144 valence electrons. The van der Waals surface area contributed by atoms with Gasteiger partial charge in [0.1, 0.15) is 0 Å². The zero-order chi connectivity index (χ0) is 20.0. The summed E-state index contributed by atoms with van der Waals surface area (Å²) in [6.07, 6.45) is -4.59. The Morgan fingerprint density at radius 3 is 2.30 bits per heavy atom. The van der Waals surface area contributed by atoms with E-state index in [1.54, 1.807) is 31.4 Å². The first-order valence-electron chi connectivity index (χ1n) is 8.01. The van der Waals surface area contributed by atoms with Crippen LogP contribution < -0.4 is 5.32 Å². The Morgan fingerprint density at radius 1 is 1.07 bits per heavy atom. The number of para-hydroxylation sites is 1. The monoisotopic (exact) mass is 380 g/mol. The van der Waals surface area contributed by atoms with E-state index in [2.05, 4.69) is 5.32 Å². The van der Waals surface area contributed by atoms with Gasteiger partial charge in [-0.1, -0.05) is 24.3 Å². The van der Waals surface area contributed by atoms with Crippen LogP contribution in [-0.4, -0.2) is 37.4 Å². The Bertz CT molecular complexity index is 805. The molecule has 0 saturated heterocycles. The molecule has 2 aromatic carbocycles. The summed E-state index contributed by atoms with van der Waals surface area (Å²) in [4.78, 5) is 25.6. The van der Waals surface area contributed by atoms with Crippen molar-refractivity contribution in [1.82, 2.24) is 4.90 Å². The van der Waals surface area contributed by atoms with E-state index in [9.17, 15) is 22.8 Å². The highest BCUT2D eigenvalue weighted by molar-refractivity contribution is 5.99. The Hall–Kier alpha value is -2.87. The van der Waals surface area contributed by atoms with Gasteiger partial charge in [0.15, 0.2) is 0 Å². The van der Waals surface area contributed by atoms with Crippen LogP contribution in [0.15, 0.2) is 48.5 Å². The van der Waals surface area contributed by atoms with Gasteiger partial charge < -0.3 is 15.0 Å². The van der Waals surface area contributed by atoms with Gasteiger partial charge in [-0.15, -0.1) is 0 Å². The number of ether oxygens (including phenoxy) is 1. The maximum atomic E-state index is 13.0. The molecule has 0 aromatic heterocycles. The molecule has 0 aliphatic carbocycles. The maximum Gasteiger partial charge on any atom is 0.418 e. The van der Waals surface area contributed by atoms with E-state index in [1.165, 1.54) is 19.2 Å². The lowest BCUT2D eigenvalue weighted by molar-refractivity contribution is -0.137. The van der Waals surface area contributed by atoms with Gasteiger partial charge >= 0.3 is 6.18 Å². The first kappa shape index (κ1) is 20.4. The quantitative estimate of drug-likeness (QED) is 0.834. The summed E-state index contributed by atoms with van der Waals surface area (Å²) in [5, 5.41) is 2.21. The second-order valence-corrected chi connectivity index (χ2v) is 5.88. The van der Waals surface area contributed by atoms with Crippen molar-refractivity contribution >= 4 is 17.5 Å². The fourth-order valence-corrected chi connectivity index (χ4v) is 2.45. The third kappa shape index (κ3) is 5.55. The summed E-state index contributed by atoms with van der Waals surface area (Å²) in [5.41, 5.74) is -0.0418. The highest BCUT2D eigenvalue weighted by Crippen LogP contribution is 2.34. The highest BCUT2D eigenvalue weighted by atomic mass is 19.4. The number of likely N-dealkylation sites (N-methyl/N-ethyl adjacent to an activating group) is 1. The van der Waals surface area contributed by atoms with Crippen LogP contribution >= 0.6 is 0 Å². The van der Waals surface area contributed by atoms with Crippen molar-refractivity contribution in [3.05, 3.63) is 65.2 Å². The number of alkyl halides is 3. The molecule has 8 heteroatoms. The summed E-state index contributed by atoms with van der Waals surface area (Å²) < 4.78 is 43.9. The van der Waals surface area contributed by atoms with E-state index < -0.39 is 23.6 Å². The molecule has 5 nitrogen and oxygen atoms in total. The number of nitrogens with zero attached hydrogens (tertiary/aromatic N) is 1. The molecule has 2 amide bonds. The molecule has 27 heavy (non-hydrogen) atoms. The van der Waals surface area contributed by atoms with E-state index in [-0.39, 0.29) is 12.2 Å². The minimum absolute atomic E-state index is 0.347. The van der Waals surface area contributed by atoms with Crippen LogP contribution in [0.2, 0.25) is 0 Å². The Kier molecular flexibility index (Phi) is 6.57. The van der Waals surface area contributed by atoms with Crippen LogP contribution in [0.5, 0.6) is 0 Å². The largest absolute Gasteiger partial charge is 0.418 e. The van der Waals surface area contributed by atoms with Crippen LogP contribution in [0, 0.1) is 0 Å². The smallest absolute Gasteiger partial charge is 0.380 e. The molecule has 0 fully saturated rings. The van der Waals surface area contributed by atoms with Crippen LogP contribution in [0.1, 0.15) is 21.5 Å².